The second-order valence-corrected chi connectivity index (χ2v) is 5.34. The number of benzene rings is 1. The molecule has 21 heavy (non-hydrogen) atoms. The van der Waals surface area contributed by atoms with Crippen molar-refractivity contribution in [2.75, 3.05) is 19.9 Å². The summed E-state index contributed by atoms with van der Waals surface area (Å²) >= 11 is 1.45. The standard InChI is InChI=1S/C15H17N3O2S/c1-16-15(14(19)20-2,12-6-4-3-5-7-12)11-21-13-10-17-8-9-18-13/h3-10,16H,11H2,1-2H3. The Kier molecular flexibility index (Phi) is 5.30. The Labute approximate surface area is 128 Å². The molecule has 0 aliphatic rings. The Morgan fingerprint density at radius 2 is 2.10 bits per heavy atom. The van der Waals surface area contributed by atoms with Crippen LogP contribution >= 0.6 is 11.8 Å². The Bertz CT molecular complexity index is 580. The normalized spacial score (nSPS) is 13.4. The van der Waals surface area contributed by atoms with Gasteiger partial charge in [0.2, 0.25) is 0 Å². The summed E-state index contributed by atoms with van der Waals surface area (Å²) in [6.07, 6.45) is 4.92. The summed E-state index contributed by atoms with van der Waals surface area (Å²) in [5.41, 5.74) is -0.0613. The van der Waals surface area contributed by atoms with Gasteiger partial charge < -0.3 is 10.1 Å². The lowest BCUT2D eigenvalue weighted by Gasteiger charge is -2.30. The van der Waals surface area contributed by atoms with Crippen LogP contribution in [-0.2, 0) is 15.1 Å². The van der Waals surface area contributed by atoms with Gasteiger partial charge in [-0.1, -0.05) is 30.3 Å². The molecule has 1 N–H and O–H groups in total. The molecule has 0 fully saturated rings. The number of carbonyl (C=O) groups excluding carboxylic acids is 1. The van der Waals surface area contributed by atoms with Crippen LogP contribution in [-0.4, -0.2) is 35.8 Å². The fourth-order valence-electron chi connectivity index (χ4n) is 2.02. The minimum Gasteiger partial charge on any atom is -0.467 e. The SMILES string of the molecule is CNC(CSc1cnccn1)(C(=O)OC)c1ccccc1. The molecule has 1 aromatic carbocycles. The minimum absolute atomic E-state index is 0.326. The van der Waals surface area contributed by atoms with Crippen molar-refractivity contribution >= 4 is 17.7 Å². The van der Waals surface area contributed by atoms with E-state index in [1.807, 2.05) is 30.3 Å². The highest BCUT2D eigenvalue weighted by molar-refractivity contribution is 7.99. The number of hydrogen-bond donors (Lipinski definition) is 1. The summed E-state index contributed by atoms with van der Waals surface area (Å²) in [7, 11) is 3.14. The molecule has 2 aromatic rings. The molecule has 0 amide bonds. The number of esters is 1. The quantitative estimate of drug-likeness (QED) is 0.649. The molecule has 0 spiro atoms. The van der Waals surface area contributed by atoms with Gasteiger partial charge in [0.25, 0.3) is 0 Å². The van der Waals surface area contributed by atoms with E-state index in [9.17, 15) is 4.79 Å². The lowest BCUT2D eigenvalue weighted by atomic mass is 9.92. The third-order valence-electron chi connectivity index (χ3n) is 3.20. The zero-order valence-corrected chi connectivity index (χ0v) is 12.8. The summed E-state index contributed by atoms with van der Waals surface area (Å²) in [4.78, 5) is 20.6. The van der Waals surface area contributed by atoms with Crippen LogP contribution in [0.15, 0.2) is 53.9 Å². The number of nitrogens with one attached hydrogen (secondary N) is 1. The third-order valence-corrected chi connectivity index (χ3v) is 4.29. The molecule has 0 aliphatic heterocycles. The van der Waals surface area contributed by atoms with Crippen LogP contribution in [0.25, 0.3) is 0 Å². The highest BCUT2D eigenvalue weighted by Gasteiger charge is 2.40. The van der Waals surface area contributed by atoms with Gasteiger partial charge in [-0.2, -0.15) is 0 Å². The summed E-state index contributed by atoms with van der Waals surface area (Å²) in [5.74, 6) is 0.131. The van der Waals surface area contributed by atoms with E-state index in [0.717, 1.165) is 10.6 Å². The predicted octanol–water partition coefficient (Wildman–Crippen LogP) is 1.86. The van der Waals surface area contributed by atoms with Gasteiger partial charge in [-0.25, -0.2) is 9.78 Å². The van der Waals surface area contributed by atoms with Gasteiger partial charge in [0.05, 0.1) is 13.3 Å². The average molecular weight is 303 g/mol. The Morgan fingerprint density at radius 3 is 2.67 bits per heavy atom. The van der Waals surface area contributed by atoms with Crippen LogP contribution in [0.2, 0.25) is 0 Å². The largest absolute Gasteiger partial charge is 0.467 e. The van der Waals surface area contributed by atoms with Gasteiger partial charge in [-0.3, -0.25) is 4.98 Å². The van der Waals surface area contributed by atoms with Gasteiger partial charge in [-0.05, 0) is 12.6 Å². The zero-order chi connectivity index (χ0) is 15.1. The molecule has 0 aliphatic carbocycles. The lowest BCUT2D eigenvalue weighted by molar-refractivity contribution is -0.147. The van der Waals surface area contributed by atoms with Gasteiger partial charge in [0, 0.05) is 18.1 Å². The van der Waals surface area contributed by atoms with Crippen LogP contribution < -0.4 is 5.32 Å². The van der Waals surface area contributed by atoms with Crippen molar-refractivity contribution in [1.29, 1.82) is 0 Å². The van der Waals surface area contributed by atoms with Crippen LogP contribution in [0.1, 0.15) is 5.56 Å². The second kappa shape index (κ2) is 7.19. The molecule has 0 bridgehead atoms. The summed E-state index contributed by atoms with van der Waals surface area (Å²) in [5, 5.41) is 3.87. The molecule has 6 heteroatoms. The molecule has 1 heterocycles. The van der Waals surface area contributed by atoms with Crippen LogP contribution in [0.4, 0.5) is 0 Å². The van der Waals surface area contributed by atoms with E-state index in [1.165, 1.54) is 18.9 Å². The number of nitrogens with zero attached hydrogens (tertiary/aromatic N) is 2. The van der Waals surface area contributed by atoms with Crippen molar-refractivity contribution in [2.45, 2.75) is 10.6 Å². The maximum Gasteiger partial charge on any atom is 0.331 e. The number of ether oxygens (including phenoxy) is 1. The van der Waals surface area contributed by atoms with Crippen molar-refractivity contribution in [3.8, 4) is 0 Å². The van der Waals surface area contributed by atoms with Crippen molar-refractivity contribution in [1.82, 2.24) is 15.3 Å². The topological polar surface area (TPSA) is 64.1 Å². The van der Waals surface area contributed by atoms with Crippen molar-refractivity contribution in [3.05, 3.63) is 54.5 Å². The third kappa shape index (κ3) is 3.40. The number of aromatic nitrogens is 2. The van der Waals surface area contributed by atoms with E-state index in [2.05, 4.69) is 15.3 Å². The molecule has 1 aromatic heterocycles. The fourth-order valence-corrected chi connectivity index (χ4v) is 3.08. The first kappa shape index (κ1) is 15.5. The van der Waals surface area contributed by atoms with Gasteiger partial charge in [0.1, 0.15) is 5.03 Å². The minimum atomic E-state index is -0.918. The van der Waals surface area contributed by atoms with Crippen molar-refractivity contribution in [3.63, 3.8) is 0 Å². The first-order valence-corrected chi connectivity index (χ1v) is 7.43. The number of methoxy groups -OCH3 is 1. The van der Waals surface area contributed by atoms with Crippen LogP contribution in [0.5, 0.6) is 0 Å². The van der Waals surface area contributed by atoms with E-state index in [-0.39, 0.29) is 5.97 Å². The number of hydrogen-bond acceptors (Lipinski definition) is 6. The monoisotopic (exact) mass is 303 g/mol. The second-order valence-electron chi connectivity index (χ2n) is 4.35. The number of carbonyl (C=O) groups is 1. The summed E-state index contributed by atoms with van der Waals surface area (Å²) in [6.45, 7) is 0. The number of thioether (sulfide) groups is 1. The zero-order valence-electron chi connectivity index (χ0n) is 11.9. The Balaban J connectivity index is 2.30. The molecule has 1 unspecified atom stereocenters. The lowest BCUT2D eigenvalue weighted by Crippen LogP contribution is -2.50. The first-order valence-electron chi connectivity index (χ1n) is 6.44. The van der Waals surface area contributed by atoms with Crippen molar-refractivity contribution < 1.29 is 9.53 Å². The maximum absolute atomic E-state index is 12.4. The van der Waals surface area contributed by atoms with Crippen LogP contribution in [0, 0.1) is 0 Å². The molecule has 5 nitrogen and oxygen atoms in total. The summed E-state index contributed by atoms with van der Waals surface area (Å²) in [6, 6.07) is 9.53. The van der Waals surface area contributed by atoms with Crippen molar-refractivity contribution in [2.24, 2.45) is 0 Å². The smallest absolute Gasteiger partial charge is 0.331 e. The maximum atomic E-state index is 12.4. The molecule has 0 saturated heterocycles. The van der Waals surface area contributed by atoms with E-state index in [4.69, 9.17) is 4.74 Å². The highest BCUT2D eigenvalue weighted by atomic mass is 32.2. The van der Waals surface area contributed by atoms with E-state index in [0.29, 0.717) is 5.75 Å². The van der Waals surface area contributed by atoms with Crippen LogP contribution in [0.3, 0.4) is 0 Å². The number of likely N-dealkylation sites (N-methyl/N-ethyl adjacent to an activating group) is 1. The van der Waals surface area contributed by atoms with Gasteiger partial charge in [-0.15, -0.1) is 11.8 Å². The molecular formula is C15H17N3O2S. The Morgan fingerprint density at radius 1 is 1.33 bits per heavy atom. The molecule has 110 valence electrons. The summed E-state index contributed by atoms with van der Waals surface area (Å²) < 4.78 is 5.00. The van der Waals surface area contributed by atoms with E-state index < -0.39 is 5.54 Å². The van der Waals surface area contributed by atoms with Gasteiger partial charge >= 0.3 is 5.97 Å². The van der Waals surface area contributed by atoms with Gasteiger partial charge in [0.15, 0.2) is 5.54 Å². The highest BCUT2D eigenvalue weighted by Crippen LogP contribution is 2.29. The predicted molar refractivity (Wildman–Crippen MR) is 82.0 cm³/mol. The molecule has 1 atom stereocenters. The fraction of sp³-hybridized carbons (Fsp3) is 0.267. The first-order chi connectivity index (χ1) is 10.2. The Hall–Kier alpha value is -1.92. The van der Waals surface area contributed by atoms with E-state index in [1.54, 1.807) is 25.6 Å². The van der Waals surface area contributed by atoms with E-state index >= 15 is 0 Å². The molecule has 0 saturated carbocycles. The number of rotatable bonds is 6. The average Bonchev–Trinajstić information content (AvgIpc) is 2.57. The molecular weight excluding hydrogens is 286 g/mol. The molecule has 2 rings (SSSR count). The molecule has 0 radical (unpaired) electrons.